The number of nitrogens with zero attached hydrogens (tertiary/aromatic N) is 2. The molecule has 5 heteroatoms. The number of pyridine rings is 1. The van der Waals surface area contributed by atoms with Gasteiger partial charge in [0.1, 0.15) is 5.82 Å². The minimum absolute atomic E-state index is 0.0329. The predicted molar refractivity (Wildman–Crippen MR) is 55.4 cm³/mol. The highest BCUT2D eigenvalue weighted by Crippen LogP contribution is 2.23. The Morgan fingerprint density at radius 1 is 1.47 bits per heavy atom. The maximum absolute atomic E-state index is 5.93. The van der Waals surface area contributed by atoms with Crippen LogP contribution in [0.4, 0.5) is 0 Å². The van der Waals surface area contributed by atoms with E-state index in [9.17, 15) is 0 Å². The zero-order valence-electron chi connectivity index (χ0n) is 8.18. The van der Waals surface area contributed by atoms with Crippen LogP contribution >= 0.6 is 0 Å². The van der Waals surface area contributed by atoms with Crippen LogP contribution in [0.5, 0.6) is 0 Å². The summed E-state index contributed by atoms with van der Waals surface area (Å²) < 4.78 is 5.31. The summed E-state index contributed by atoms with van der Waals surface area (Å²) in [5.41, 5.74) is 7.62. The van der Waals surface area contributed by atoms with Gasteiger partial charge in [-0.3, -0.25) is 0 Å². The molecule has 15 heavy (non-hydrogen) atoms. The van der Waals surface area contributed by atoms with Crippen molar-refractivity contribution in [2.45, 2.75) is 12.0 Å². The number of nitrogens with two attached hydrogens (primary N) is 1. The number of imidazole rings is 1. The average molecular weight is 204 g/mol. The van der Waals surface area contributed by atoms with Crippen molar-refractivity contribution in [2.75, 3.05) is 13.2 Å². The summed E-state index contributed by atoms with van der Waals surface area (Å²) in [4.78, 5) is 11.8. The van der Waals surface area contributed by atoms with E-state index in [2.05, 4.69) is 15.0 Å². The van der Waals surface area contributed by atoms with Crippen molar-refractivity contribution in [3.8, 4) is 0 Å². The number of H-pyrrole nitrogens is 1. The Bertz CT molecular complexity index is 448. The van der Waals surface area contributed by atoms with Crippen LogP contribution in [0.1, 0.15) is 11.7 Å². The maximum atomic E-state index is 5.93. The molecular weight excluding hydrogens is 192 g/mol. The van der Waals surface area contributed by atoms with Gasteiger partial charge in [-0.1, -0.05) is 0 Å². The van der Waals surface area contributed by atoms with E-state index in [4.69, 9.17) is 10.5 Å². The van der Waals surface area contributed by atoms with Crippen LogP contribution in [0.15, 0.2) is 18.3 Å². The lowest BCUT2D eigenvalue weighted by molar-refractivity contribution is 0.190. The van der Waals surface area contributed by atoms with Crippen molar-refractivity contribution < 1.29 is 4.74 Å². The van der Waals surface area contributed by atoms with Gasteiger partial charge in [0.2, 0.25) is 0 Å². The molecule has 0 amide bonds. The fourth-order valence-corrected chi connectivity index (χ4v) is 1.89. The third-order valence-corrected chi connectivity index (χ3v) is 2.75. The van der Waals surface area contributed by atoms with Gasteiger partial charge in [-0.15, -0.1) is 0 Å². The molecular formula is C10H12N4O. The summed E-state index contributed by atoms with van der Waals surface area (Å²) in [7, 11) is 0. The molecule has 3 rings (SSSR count). The monoisotopic (exact) mass is 204 g/mol. The number of nitrogens with one attached hydrogen (secondary N) is 1. The van der Waals surface area contributed by atoms with E-state index in [0.717, 1.165) is 17.0 Å². The Balaban J connectivity index is 2.04. The number of aromatic amines is 1. The third kappa shape index (κ3) is 1.40. The molecule has 0 aromatic carbocycles. The molecule has 0 radical (unpaired) electrons. The lowest BCUT2D eigenvalue weighted by Crippen LogP contribution is -2.27. The number of rotatable bonds is 1. The Morgan fingerprint density at radius 3 is 3.13 bits per heavy atom. The van der Waals surface area contributed by atoms with Gasteiger partial charge in [-0.05, 0) is 12.1 Å². The molecule has 5 nitrogen and oxygen atoms in total. The van der Waals surface area contributed by atoms with Crippen LogP contribution in [-0.2, 0) is 4.74 Å². The highest BCUT2D eigenvalue weighted by Gasteiger charge is 2.29. The number of hydrogen-bond donors (Lipinski definition) is 2. The molecule has 3 N–H and O–H groups in total. The molecule has 0 spiro atoms. The van der Waals surface area contributed by atoms with Crippen LogP contribution < -0.4 is 5.73 Å². The molecule has 0 aliphatic carbocycles. The SMILES string of the molecule is NC1COCC1c1nc2ncccc2[nH]1. The van der Waals surface area contributed by atoms with Crippen LogP contribution in [0.3, 0.4) is 0 Å². The second kappa shape index (κ2) is 3.29. The smallest absolute Gasteiger partial charge is 0.177 e. The van der Waals surface area contributed by atoms with Gasteiger partial charge in [0.15, 0.2) is 5.65 Å². The maximum Gasteiger partial charge on any atom is 0.177 e. The molecule has 0 bridgehead atoms. The molecule has 1 aliphatic heterocycles. The van der Waals surface area contributed by atoms with Gasteiger partial charge in [0, 0.05) is 12.2 Å². The number of hydrogen-bond acceptors (Lipinski definition) is 4. The minimum Gasteiger partial charge on any atom is -0.379 e. The molecule has 2 aromatic rings. The van der Waals surface area contributed by atoms with E-state index in [0.29, 0.717) is 13.2 Å². The van der Waals surface area contributed by atoms with E-state index >= 15 is 0 Å². The highest BCUT2D eigenvalue weighted by atomic mass is 16.5. The summed E-state index contributed by atoms with van der Waals surface area (Å²) >= 11 is 0. The quantitative estimate of drug-likeness (QED) is 0.704. The van der Waals surface area contributed by atoms with Crippen molar-refractivity contribution in [2.24, 2.45) is 5.73 Å². The second-order valence-electron chi connectivity index (χ2n) is 3.80. The molecule has 2 atom stereocenters. The summed E-state index contributed by atoms with van der Waals surface area (Å²) in [6, 6.07) is 3.88. The van der Waals surface area contributed by atoms with Gasteiger partial charge in [-0.2, -0.15) is 0 Å². The average Bonchev–Trinajstić information content (AvgIpc) is 2.82. The molecule has 3 heterocycles. The zero-order valence-corrected chi connectivity index (χ0v) is 8.18. The standard InChI is InChI=1S/C10H12N4O/c11-7-5-15-4-6(7)9-13-8-2-1-3-12-10(8)14-9/h1-3,6-7H,4-5,11H2,(H,12,13,14). The molecule has 2 aromatic heterocycles. The van der Waals surface area contributed by atoms with Crippen LogP contribution in [-0.4, -0.2) is 34.2 Å². The first-order chi connectivity index (χ1) is 7.34. The fourth-order valence-electron chi connectivity index (χ4n) is 1.89. The molecule has 0 saturated carbocycles. The van der Waals surface area contributed by atoms with Crippen LogP contribution in [0, 0.1) is 0 Å². The lowest BCUT2D eigenvalue weighted by Gasteiger charge is -2.08. The molecule has 78 valence electrons. The van der Waals surface area contributed by atoms with E-state index in [1.807, 2.05) is 12.1 Å². The van der Waals surface area contributed by atoms with Crippen molar-refractivity contribution in [1.82, 2.24) is 15.0 Å². The largest absolute Gasteiger partial charge is 0.379 e. The van der Waals surface area contributed by atoms with Crippen molar-refractivity contribution in [1.29, 1.82) is 0 Å². The normalized spacial score (nSPS) is 26.2. The molecule has 1 saturated heterocycles. The first-order valence-corrected chi connectivity index (χ1v) is 4.98. The van der Waals surface area contributed by atoms with Gasteiger partial charge >= 0.3 is 0 Å². The van der Waals surface area contributed by atoms with Gasteiger partial charge in [0.25, 0.3) is 0 Å². The second-order valence-corrected chi connectivity index (χ2v) is 3.80. The number of fused-ring (bicyclic) bond motifs is 1. The van der Waals surface area contributed by atoms with Gasteiger partial charge < -0.3 is 15.5 Å². The highest BCUT2D eigenvalue weighted by molar-refractivity contribution is 5.70. The van der Waals surface area contributed by atoms with E-state index < -0.39 is 0 Å². The first kappa shape index (κ1) is 8.82. The summed E-state index contributed by atoms with van der Waals surface area (Å²) in [6.07, 6.45) is 1.73. The topological polar surface area (TPSA) is 76.8 Å². The Kier molecular flexibility index (Phi) is 1.93. The van der Waals surface area contributed by atoms with E-state index in [-0.39, 0.29) is 12.0 Å². The van der Waals surface area contributed by atoms with Gasteiger partial charge in [-0.25, -0.2) is 9.97 Å². The Morgan fingerprint density at radius 2 is 2.40 bits per heavy atom. The van der Waals surface area contributed by atoms with Crippen LogP contribution in [0.2, 0.25) is 0 Å². The zero-order chi connectivity index (χ0) is 10.3. The van der Waals surface area contributed by atoms with Gasteiger partial charge in [0.05, 0.1) is 24.6 Å². The lowest BCUT2D eigenvalue weighted by atomic mass is 10.0. The Labute approximate surface area is 86.7 Å². The predicted octanol–water partition coefficient (Wildman–Crippen LogP) is 0.399. The Hall–Kier alpha value is -1.46. The van der Waals surface area contributed by atoms with Crippen LogP contribution in [0.25, 0.3) is 11.2 Å². The molecule has 2 unspecified atom stereocenters. The number of ether oxygens (including phenoxy) is 1. The van der Waals surface area contributed by atoms with E-state index in [1.54, 1.807) is 6.20 Å². The minimum atomic E-state index is 0.0329. The summed E-state index contributed by atoms with van der Waals surface area (Å²) in [6.45, 7) is 1.25. The fraction of sp³-hybridized carbons (Fsp3) is 0.400. The third-order valence-electron chi connectivity index (χ3n) is 2.75. The van der Waals surface area contributed by atoms with Crippen molar-refractivity contribution >= 4 is 11.2 Å². The summed E-state index contributed by atoms with van der Waals surface area (Å²) in [5.74, 6) is 1.05. The summed E-state index contributed by atoms with van der Waals surface area (Å²) in [5, 5.41) is 0. The molecule has 1 fully saturated rings. The molecule has 1 aliphatic rings. The first-order valence-electron chi connectivity index (χ1n) is 4.98. The van der Waals surface area contributed by atoms with Crippen molar-refractivity contribution in [3.63, 3.8) is 0 Å². The van der Waals surface area contributed by atoms with E-state index in [1.165, 1.54) is 0 Å². The van der Waals surface area contributed by atoms with Crippen molar-refractivity contribution in [3.05, 3.63) is 24.2 Å². The number of aromatic nitrogens is 3.